The Balaban J connectivity index is 1.50. The molecule has 0 radical (unpaired) electrons. The predicted octanol–water partition coefficient (Wildman–Crippen LogP) is 2.95. The number of H-pyrrole nitrogens is 1. The van der Waals surface area contributed by atoms with Gasteiger partial charge in [0.05, 0.1) is 0 Å². The quantitative estimate of drug-likeness (QED) is 0.597. The van der Waals surface area contributed by atoms with Crippen LogP contribution in [0.15, 0.2) is 35.3 Å². The minimum absolute atomic E-state index is 0.524. The lowest BCUT2D eigenvalue weighted by atomic mass is 9.96. The largest absolute Gasteiger partial charge is 0.370 e. The van der Waals surface area contributed by atoms with Gasteiger partial charge in [0.25, 0.3) is 0 Å². The van der Waals surface area contributed by atoms with Crippen LogP contribution in [0.2, 0.25) is 0 Å². The number of aromatic amines is 1. The zero-order valence-electron chi connectivity index (χ0n) is 12.4. The number of hydrogen-bond acceptors (Lipinski definition) is 1. The molecule has 0 aliphatic heterocycles. The Morgan fingerprint density at radius 1 is 1.24 bits per heavy atom. The molecule has 21 heavy (non-hydrogen) atoms. The fraction of sp³-hybridized carbons (Fsp3) is 0.471. The molecule has 1 aromatic carbocycles. The van der Waals surface area contributed by atoms with Crippen molar-refractivity contribution in [1.29, 1.82) is 0 Å². The van der Waals surface area contributed by atoms with Crippen LogP contribution in [-0.4, -0.2) is 23.5 Å². The summed E-state index contributed by atoms with van der Waals surface area (Å²) in [6.45, 7) is 0.721. The van der Waals surface area contributed by atoms with Gasteiger partial charge in [0, 0.05) is 30.2 Å². The van der Waals surface area contributed by atoms with Crippen LogP contribution in [0.1, 0.15) is 37.8 Å². The summed E-state index contributed by atoms with van der Waals surface area (Å²) in [6, 6.07) is 11.0. The normalized spacial score (nSPS) is 17.2. The second-order valence-electron chi connectivity index (χ2n) is 5.88. The van der Waals surface area contributed by atoms with E-state index in [4.69, 9.17) is 5.73 Å². The summed E-state index contributed by atoms with van der Waals surface area (Å²) < 4.78 is 0. The van der Waals surface area contributed by atoms with Crippen molar-refractivity contribution in [3.63, 3.8) is 0 Å². The van der Waals surface area contributed by atoms with E-state index < -0.39 is 0 Å². The fourth-order valence-corrected chi connectivity index (χ4v) is 3.07. The van der Waals surface area contributed by atoms with Crippen LogP contribution in [0.3, 0.4) is 0 Å². The van der Waals surface area contributed by atoms with Gasteiger partial charge in [-0.25, -0.2) is 0 Å². The lowest BCUT2D eigenvalue weighted by Crippen LogP contribution is -2.41. The second-order valence-corrected chi connectivity index (χ2v) is 5.88. The highest BCUT2D eigenvalue weighted by Gasteiger charge is 2.13. The predicted molar refractivity (Wildman–Crippen MR) is 88.5 cm³/mol. The van der Waals surface area contributed by atoms with Crippen LogP contribution in [0.25, 0.3) is 10.9 Å². The average molecular weight is 284 g/mol. The van der Waals surface area contributed by atoms with Crippen LogP contribution in [0.4, 0.5) is 0 Å². The van der Waals surface area contributed by atoms with E-state index in [1.165, 1.54) is 48.7 Å². The SMILES string of the molecule is NC(=NCCc1cc2ccccc2[nH]1)NC1CCCCC1. The standard InChI is InChI=1S/C17H24N4/c18-17(21-14-7-2-1-3-8-14)19-11-10-15-12-13-6-4-5-9-16(13)20-15/h4-6,9,12,14,20H,1-3,7-8,10-11H2,(H3,18,19,21). The smallest absolute Gasteiger partial charge is 0.188 e. The van der Waals surface area contributed by atoms with E-state index in [9.17, 15) is 0 Å². The lowest BCUT2D eigenvalue weighted by molar-refractivity contribution is 0.412. The van der Waals surface area contributed by atoms with Gasteiger partial charge in [-0.15, -0.1) is 0 Å². The molecule has 1 aliphatic carbocycles. The van der Waals surface area contributed by atoms with Crippen molar-refractivity contribution >= 4 is 16.9 Å². The third kappa shape index (κ3) is 3.78. The van der Waals surface area contributed by atoms with Gasteiger partial charge >= 0.3 is 0 Å². The molecule has 112 valence electrons. The number of guanidine groups is 1. The van der Waals surface area contributed by atoms with E-state index in [2.05, 4.69) is 39.6 Å². The summed E-state index contributed by atoms with van der Waals surface area (Å²) in [6.07, 6.45) is 7.30. The molecule has 3 rings (SSSR count). The number of nitrogens with zero attached hydrogens (tertiary/aromatic N) is 1. The number of nitrogens with two attached hydrogens (primary N) is 1. The molecule has 1 aliphatic rings. The van der Waals surface area contributed by atoms with Crippen molar-refractivity contribution < 1.29 is 0 Å². The van der Waals surface area contributed by atoms with Crippen LogP contribution in [0, 0.1) is 0 Å². The van der Waals surface area contributed by atoms with Gasteiger partial charge in [-0.2, -0.15) is 0 Å². The van der Waals surface area contributed by atoms with E-state index in [0.717, 1.165) is 13.0 Å². The van der Waals surface area contributed by atoms with Crippen molar-refractivity contribution in [2.45, 2.75) is 44.6 Å². The Morgan fingerprint density at radius 2 is 2.05 bits per heavy atom. The lowest BCUT2D eigenvalue weighted by Gasteiger charge is -2.23. The maximum atomic E-state index is 5.97. The first-order valence-electron chi connectivity index (χ1n) is 7.94. The minimum atomic E-state index is 0.524. The van der Waals surface area contributed by atoms with E-state index >= 15 is 0 Å². The van der Waals surface area contributed by atoms with Gasteiger partial charge in [0.1, 0.15) is 0 Å². The molecule has 1 heterocycles. The highest BCUT2D eigenvalue weighted by molar-refractivity contribution is 5.80. The first-order chi connectivity index (χ1) is 10.3. The van der Waals surface area contributed by atoms with E-state index in [0.29, 0.717) is 12.0 Å². The number of rotatable bonds is 4. The molecule has 0 unspecified atom stereocenters. The first-order valence-corrected chi connectivity index (χ1v) is 7.94. The van der Waals surface area contributed by atoms with Gasteiger partial charge in [-0.05, 0) is 30.4 Å². The summed E-state index contributed by atoms with van der Waals surface area (Å²) >= 11 is 0. The van der Waals surface area contributed by atoms with Crippen molar-refractivity contribution in [1.82, 2.24) is 10.3 Å². The van der Waals surface area contributed by atoms with Gasteiger partial charge in [-0.3, -0.25) is 4.99 Å². The minimum Gasteiger partial charge on any atom is -0.370 e. The molecule has 1 aromatic heterocycles. The topological polar surface area (TPSA) is 66.2 Å². The molecule has 1 saturated carbocycles. The number of aromatic nitrogens is 1. The Kier molecular flexibility index (Phi) is 4.43. The highest BCUT2D eigenvalue weighted by atomic mass is 15.1. The Bertz CT molecular complexity index is 575. The van der Waals surface area contributed by atoms with Crippen molar-refractivity contribution in [2.75, 3.05) is 6.54 Å². The van der Waals surface area contributed by atoms with Gasteiger partial charge in [0.2, 0.25) is 0 Å². The van der Waals surface area contributed by atoms with Crippen molar-refractivity contribution in [2.24, 2.45) is 10.7 Å². The van der Waals surface area contributed by atoms with Gasteiger partial charge < -0.3 is 16.0 Å². The zero-order valence-corrected chi connectivity index (χ0v) is 12.4. The third-order valence-corrected chi connectivity index (χ3v) is 4.21. The summed E-state index contributed by atoms with van der Waals surface area (Å²) in [5, 5.41) is 4.60. The van der Waals surface area contributed by atoms with Crippen molar-refractivity contribution in [3.05, 3.63) is 36.0 Å². The molecule has 4 N–H and O–H groups in total. The number of para-hydroxylation sites is 1. The second kappa shape index (κ2) is 6.66. The Hall–Kier alpha value is -1.97. The molecule has 4 nitrogen and oxygen atoms in total. The molecular formula is C17H24N4. The number of benzene rings is 1. The van der Waals surface area contributed by atoms with E-state index in [1.54, 1.807) is 0 Å². The summed E-state index contributed by atoms with van der Waals surface area (Å²) in [7, 11) is 0. The number of fused-ring (bicyclic) bond motifs is 1. The Morgan fingerprint density at radius 3 is 2.86 bits per heavy atom. The third-order valence-electron chi connectivity index (χ3n) is 4.21. The number of nitrogens with one attached hydrogen (secondary N) is 2. The van der Waals surface area contributed by atoms with E-state index in [1.807, 2.05) is 6.07 Å². The van der Waals surface area contributed by atoms with Crippen LogP contribution >= 0.6 is 0 Å². The fourth-order valence-electron chi connectivity index (χ4n) is 3.07. The van der Waals surface area contributed by atoms with Crippen molar-refractivity contribution in [3.8, 4) is 0 Å². The van der Waals surface area contributed by atoms with Gasteiger partial charge in [-0.1, -0.05) is 37.5 Å². The molecule has 0 atom stereocenters. The van der Waals surface area contributed by atoms with Crippen LogP contribution < -0.4 is 11.1 Å². The maximum absolute atomic E-state index is 5.97. The number of aliphatic imine (C=N–C) groups is 1. The molecule has 0 saturated heterocycles. The molecule has 0 amide bonds. The van der Waals surface area contributed by atoms with E-state index in [-0.39, 0.29) is 0 Å². The average Bonchev–Trinajstić information content (AvgIpc) is 2.91. The van der Waals surface area contributed by atoms with Crippen LogP contribution in [0.5, 0.6) is 0 Å². The molecule has 2 aromatic rings. The monoisotopic (exact) mass is 284 g/mol. The molecule has 1 fully saturated rings. The van der Waals surface area contributed by atoms with Crippen LogP contribution in [-0.2, 0) is 6.42 Å². The molecule has 0 bridgehead atoms. The molecular weight excluding hydrogens is 260 g/mol. The summed E-state index contributed by atoms with van der Waals surface area (Å²) in [5.74, 6) is 0.595. The first kappa shape index (κ1) is 14.0. The molecule has 0 spiro atoms. The van der Waals surface area contributed by atoms with Gasteiger partial charge in [0.15, 0.2) is 5.96 Å². The Labute approximate surface area is 125 Å². The zero-order chi connectivity index (χ0) is 14.5. The summed E-state index contributed by atoms with van der Waals surface area (Å²) in [4.78, 5) is 7.87. The maximum Gasteiger partial charge on any atom is 0.188 e. The number of hydrogen-bond donors (Lipinski definition) is 3. The highest BCUT2D eigenvalue weighted by Crippen LogP contribution is 2.17. The summed E-state index contributed by atoms with van der Waals surface area (Å²) in [5.41, 5.74) is 8.37. The molecule has 4 heteroatoms.